The second-order valence-corrected chi connectivity index (χ2v) is 5.42. The Bertz CT molecular complexity index is 823. The fourth-order valence-electron chi connectivity index (χ4n) is 2.29. The van der Waals surface area contributed by atoms with Crippen molar-refractivity contribution in [1.82, 2.24) is 9.97 Å². The Morgan fingerprint density at radius 3 is 2.83 bits per heavy atom. The number of aromatic nitrogens is 2. The van der Waals surface area contributed by atoms with E-state index in [2.05, 4.69) is 9.97 Å². The number of aliphatic hydroxyl groups excluding tert-OH is 1. The number of aliphatic hydroxyl groups is 1. The molecular weight excluding hydrogens is 295 g/mol. The van der Waals surface area contributed by atoms with Crippen molar-refractivity contribution in [3.63, 3.8) is 0 Å². The molecule has 1 N–H and O–H groups in total. The van der Waals surface area contributed by atoms with Crippen LogP contribution in [0, 0.1) is 6.92 Å². The Balaban J connectivity index is 1.87. The van der Waals surface area contributed by atoms with Crippen LogP contribution in [0.2, 0.25) is 0 Å². The topological polar surface area (TPSA) is 55.2 Å². The summed E-state index contributed by atoms with van der Waals surface area (Å²) in [6.07, 6.45) is 2.50. The van der Waals surface area contributed by atoms with Crippen LogP contribution in [0.15, 0.2) is 48.8 Å². The Hall–Kier alpha value is -2.53. The van der Waals surface area contributed by atoms with Crippen molar-refractivity contribution in [2.45, 2.75) is 13.0 Å². The van der Waals surface area contributed by atoms with Crippen molar-refractivity contribution < 1.29 is 14.2 Å². The minimum Gasteiger partial charge on any atom is -0.491 e. The molecule has 0 fully saturated rings. The van der Waals surface area contributed by atoms with Gasteiger partial charge in [0.1, 0.15) is 25.1 Å². The van der Waals surface area contributed by atoms with Gasteiger partial charge in [-0.05, 0) is 42.8 Å². The molecule has 1 atom stereocenters. The molecule has 2 aromatic heterocycles. The number of hydrogen-bond donors (Lipinski definition) is 1. The summed E-state index contributed by atoms with van der Waals surface area (Å²) in [5.41, 5.74) is 3.75. The molecule has 0 saturated heterocycles. The molecule has 0 saturated carbocycles. The summed E-state index contributed by atoms with van der Waals surface area (Å²) >= 11 is 0. The summed E-state index contributed by atoms with van der Waals surface area (Å²) in [4.78, 5) is 8.82. The maximum absolute atomic E-state index is 12.2. The number of nitrogens with zero attached hydrogens (tertiary/aromatic N) is 2. The van der Waals surface area contributed by atoms with E-state index < -0.39 is 12.8 Å². The third-order valence-corrected chi connectivity index (χ3v) is 3.45. The lowest BCUT2D eigenvalue weighted by Gasteiger charge is -2.10. The van der Waals surface area contributed by atoms with E-state index in [4.69, 9.17) is 4.74 Å². The van der Waals surface area contributed by atoms with Crippen molar-refractivity contribution >= 4 is 10.9 Å². The quantitative estimate of drug-likeness (QED) is 0.785. The van der Waals surface area contributed by atoms with Gasteiger partial charge in [-0.2, -0.15) is 0 Å². The molecule has 0 aliphatic carbocycles. The van der Waals surface area contributed by atoms with Crippen LogP contribution in [0.4, 0.5) is 4.39 Å². The zero-order valence-electron chi connectivity index (χ0n) is 12.7. The van der Waals surface area contributed by atoms with E-state index in [1.165, 1.54) is 0 Å². The fraction of sp³-hybridized carbons (Fsp3) is 0.222. The lowest BCUT2D eigenvalue weighted by atomic mass is 10.1. The van der Waals surface area contributed by atoms with E-state index in [1.807, 2.05) is 37.3 Å². The molecule has 0 bridgehead atoms. The molecule has 3 rings (SSSR count). The highest BCUT2D eigenvalue weighted by atomic mass is 19.1. The van der Waals surface area contributed by atoms with Crippen molar-refractivity contribution in [1.29, 1.82) is 0 Å². The van der Waals surface area contributed by atoms with Crippen molar-refractivity contribution in [3.8, 4) is 17.0 Å². The van der Waals surface area contributed by atoms with Crippen LogP contribution in [-0.4, -0.2) is 34.5 Å². The summed E-state index contributed by atoms with van der Waals surface area (Å²) in [7, 11) is 0. The fourth-order valence-corrected chi connectivity index (χ4v) is 2.29. The highest BCUT2D eigenvalue weighted by Crippen LogP contribution is 2.24. The Morgan fingerprint density at radius 2 is 2.04 bits per heavy atom. The maximum Gasteiger partial charge on any atom is 0.120 e. The normalized spacial score (nSPS) is 12.3. The third kappa shape index (κ3) is 3.63. The van der Waals surface area contributed by atoms with E-state index in [0.717, 1.165) is 27.7 Å². The van der Waals surface area contributed by atoms with Gasteiger partial charge in [-0.3, -0.25) is 4.98 Å². The summed E-state index contributed by atoms with van der Waals surface area (Å²) in [5.74, 6) is 0.580. The molecule has 1 unspecified atom stereocenters. The Morgan fingerprint density at radius 1 is 1.17 bits per heavy atom. The van der Waals surface area contributed by atoms with Gasteiger partial charge >= 0.3 is 0 Å². The summed E-state index contributed by atoms with van der Waals surface area (Å²) in [6, 6.07) is 11.4. The summed E-state index contributed by atoms with van der Waals surface area (Å²) in [6.45, 7) is 1.11. The molecule has 1 aromatic carbocycles. The monoisotopic (exact) mass is 312 g/mol. The highest BCUT2D eigenvalue weighted by molar-refractivity contribution is 5.82. The highest BCUT2D eigenvalue weighted by Gasteiger charge is 2.06. The van der Waals surface area contributed by atoms with Gasteiger partial charge < -0.3 is 9.84 Å². The van der Waals surface area contributed by atoms with Crippen LogP contribution in [-0.2, 0) is 0 Å². The van der Waals surface area contributed by atoms with Crippen molar-refractivity contribution in [3.05, 3.63) is 54.4 Å². The Labute approximate surface area is 133 Å². The molecule has 0 spiro atoms. The number of rotatable bonds is 5. The average Bonchev–Trinajstić information content (AvgIpc) is 2.59. The second-order valence-electron chi connectivity index (χ2n) is 5.42. The van der Waals surface area contributed by atoms with Crippen molar-refractivity contribution in [2.24, 2.45) is 0 Å². The molecule has 118 valence electrons. The number of ether oxygens (including phenoxy) is 1. The van der Waals surface area contributed by atoms with Crippen LogP contribution in [0.25, 0.3) is 22.2 Å². The number of alkyl halides is 1. The number of aryl methyl sites for hydroxylation is 1. The number of benzene rings is 1. The molecule has 23 heavy (non-hydrogen) atoms. The molecule has 0 aliphatic rings. The molecular formula is C18H17FN2O2. The van der Waals surface area contributed by atoms with Crippen molar-refractivity contribution in [2.75, 3.05) is 13.3 Å². The van der Waals surface area contributed by atoms with Crippen LogP contribution < -0.4 is 4.74 Å². The van der Waals surface area contributed by atoms with Gasteiger partial charge in [-0.15, -0.1) is 0 Å². The number of hydrogen-bond acceptors (Lipinski definition) is 4. The first-order chi connectivity index (χ1) is 11.2. The minimum atomic E-state index is -1.10. The van der Waals surface area contributed by atoms with Gasteiger partial charge in [0.25, 0.3) is 0 Å². The molecule has 4 nitrogen and oxygen atoms in total. The first-order valence-electron chi connectivity index (χ1n) is 7.35. The minimum absolute atomic E-state index is 0.0670. The number of halogens is 1. The van der Waals surface area contributed by atoms with E-state index in [1.54, 1.807) is 18.5 Å². The van der Waals surface area contributed by atoms with Crippen LogP contribution in [0.3, 0.4) is 0 Å². The summed E-state index contributed by atoms with van der Waals surface area (Å²) in [5, 5.41) is 10.1. The van der Waals surface area contributed by atoms with Gasteiger partial charge in [0, 0.05) is 23.3 Å². The van der Waals surface area contributed by atoms with Gasteiger partial charge in [-0.1, -0.05) is 6.07 Å². The predicted molar refractivity (Wildman–Crippen MR) is 87.2 cm³/mol. The van der Waals surface area contributed by atoms with Gasteiger partial charge in [0.2, 0.25) is 0 Å². The number of pyridine rings is 2. The lowest BCUT2D eigenvalue weighted by Crippen LogP contribution is -2.19. The van der Waals surface area contributed by atoms with Crippen LogP contribution >= 0.6 is 0 Å². The second kappa shape index (κ2) is 6.71. The third-order valence-electron chi connectivity index (χ3n) is 3.45. The van der Waals surface area contributed by atoms with E-state index in [-0.39, 0.29) is 6.61 Å². The van der Waals surface area contributed by atoms with Gasteiger partial charge in [-0.25, -0.2) is 9.37 Å². The molecule has 2 heterocycles. The van der Waals surface area contributed by atoms with Gasteiger partial charge in [0.15, 0.2) is 0 Å². The Kier molecular flexibility index (Phi) is 4.48. The average molecular weight is 312 g/mol. The predicted octanol–water partition coefficient (Wildman–Crippen LogP) is 3.31. The van der Waals surface area contributed by atoms with Crippen LogP contribution in [0.5, 0.6) is 5.75 Å². The number of fused-ring (bicyclic) bond motifs is 1. The molecule has 0 aliphatic heterocycles. The smallest absolute Gasteiger partial charge is 0.120 e. The molecule has 0 radical (unpaired) electrons. The summed E-state index contributed by atoms with van der Waals surface area (Å²) < 4.78 is 17.6. The van der Waals surface area contributed by atoms with Gasteiger partial charge in [0.05, 0.1) is 11.2 Å². The molecule has 5 heteroatoms. The first-order valence-corrected chi connectivity index (χ1v) is 7.35. The zero-order valence-corrected chi connectivity index (χ0v) is 12.7. The molecule has 0 amide bonds. The standard InChI is InChI=1S/C18H17FN2O2/c1-12-6-14(10-20-9-12)18-4-2-13-7-16(3-5-17(13)21-18)23-11-15(22)8-19/h2-7,9-10,15,22H,8,11H2,1H3. The SMILES string of the molecule is Cc1cncc(-c2ccc3cc(OCC(O)CF)ccc3n2)c1. The first kappa shape index (κ1) is 15.4. The van der Waals surface area contributed by atoms with Crippen LogP contribution in [0.1, 0.15) is 5.56 Å². The molecule has 3 aromatic rings. The maximum atomic E-state index is 12.2. The van der Waals surface area contributed by atoms with E-state index in [9.17, 15) is 9.50 Å². The van der Waals surface area contributed by atoms with E-state index in [0.29, 0.717) is 5.75 Å². The largest absolute Gasteiger partial charge is 0.491 e. The zero-order chi connectivity index (χ0) is 16.2. The van der Waals surface area contributed by atoms with E-state index >= 15 is 0 Å². The lowest BCUT2D eigenvalue weighted by molar-refractivity contribution is 0.0842.